The van der Waals surface area contributed by atoms with Crippen LogP contribution in [0.15, 0.2) is 85.2 Å². The highest BCUT2D eigenvalue weighted by atomic mass is 32.1. The number of benzene rings is 2. The van der Waals surface area contributed by atoms with Crippen molar-refractivity contribution in [1.29, 1.82) is 0 Å². The summed E-state index contributed by atoms with van der Waals surface area (Å²) in [6.45, 7) is 4.20. The number of nitrogens with one attached hydrogen (secondary N) is 1. The Hall–Kier alpha value is -3.97. The topological polar surface area (TPSA) is 59.4 Å². The molecule has 1 aliphatic rings. The summed E-state index contributed by atoms with van der Waals surface area (Å²) < 4.78 is 7.10. The summed E-state index contributed by atoms with van der Waals surface area (Å²) in [5.41, 5.74) is 6.52. The number of para-hydroxylation sites is 1. The lowest BCUT2D eigenvalue weighted by molar-refractivity contribution is 0.0600. The molecular weight excluding hydrogens is 456 g/mol. The molecule has 2 aromatic heterocycles. The van der Waals surface area contributed by atoms with Gasteiger partial charge in [0.05, 0.1) is 30.1 Å². The maximum Gasteiger partial charge on any atom is 0.339 e. The molecular formula is C28H26N4O2S. The largest absolute Gasteiger partial charge is 0.465 e. The Balaban J connectivity index is 1.70. The van der Waals surface area contributed by atoms with Gasteiger partial charge in [-0.25, -0.2) is 4.79 Å². The molecule has 7 heteroatoms. The van der Waals surface area contributed by atoms with Gasteiger partial charge in [-0.2, -0.15) is 0 Å². The van der Waals surface area contributed by atoms with E-state index in [4.69, 9.17) is 17.0 Å². The van der Waals surface area contributed by atoms with Crippen molar-refractivity contribution in [3.63, 3.8) is 0 Å². The van der Waals surface area contributed by atoms with Crippen molar-refractivity contribution < 1.29 is 9.53 Å². The van der Waals surface area contributed by atoms with E-state index >= 15 is 0 Å². The van der Waals surface area contributed by atoms with E-state index in [2.05, 4.69) is 53.3 Å². The van der Waals surface area contributed by atoms with Crippen LogP contribution in [-0.2, 0) is 4.74 Å². The molecule has 0 unspecified atom stereocenters. The van der Waals surface area contributed by atoms with Crippen LogP contribution in [0.1, 0.15) is 45.0 Å². The molecule has 1 saturated heterocycles. The van der Waals surface area contributed by atoms with Crippen molar-refractivity contribution in [2.45, 2.75) is 25.9 Å². The van der Waals surface area contributed by atoms with Gasteiger partial charge in [0.15, 0.2) is 5.11 Å². The molecule has 2 atom stereocenters. The third-order valence-corrected chi connectivity index (χ3v) is 6.83. The Morgan fingerprint density at radius 1 is 1.00 bits per heavy atom. The quantitative estimate of drug-likeness (QED) is 0.301. The van der Waals surface area contributed by atoms with Gasteiger partial charge in [0.2, 0.25) is 0 Å². The van der Waals surface area contributed by atoms with Gasteiger partial charge in [0.25, 0.3) is 0 Å². The summed E-state index contributed by atoms with van der Waals surface area (Å²) in [6.07, 6.45) is 3.76. The van der Waals surface area contributed by atoms with E-state index in [1.54, 1.807) is 12.3 Å². The van der Waals surface area contributed by atoms with Crippen LogP contribution in [0, 0.1) is 13.8 Å². The summed E-state index contributed by atoms with van der Waals surface area (Å²) >= 11 is 5.88. The number of carbonyl (C=O) groups is 1. The second-order valence-electron chi connectivity index (χ2n) is 8.58. The number of methoxy groups -OCH3 is 1. The molecule has 0 saturated carbocycles. The summed E-state index contributed by atoms with van der Waals surface area (Å²) in [5.74, 6) is -0.382. The molecule has 176 valence electrons. The monoisotopic (exact) mass is 482 g/mol. The van der Waals surface area contributed by atoms with Crippen LogP contribution < -0.4 is 10.2 Å². The van der Waals surface area contributed by atoms with E-state index in [9.17, 15) is 4.79 Å². The van der Waals surface area contributed by atoms with Gasteiger partial charge in [-0.1, -0.05) is 24.3 Å². The average Bonchev–Trinajstić information content (AvgIpc) is 3.50. The van der Waals surface area contributed by atoms with E-state index in [1.807, 2.05) is 53.2 Å². The first-order valence-corrected chi connectivity index (χ1v) is 11.8. The van der Waals surface area contributed by atoms with Crippen LogP contribution in [-0.4, -0.2) is 27.7 Å². The number of esters is 1. The van der Waals surface area contributed by atoms with Gasteiger partial charge >= 0.3 is 5.97 Å². The normalized spacial score (nSPS) is 17.3. The Morgan fingerprint density at radius 3 is 2.54 bits per heavy atom. The predicted molar refractivity (Wildman–Crippen MR) is 141 cm³/mol. The van der Waals surface area contributed by atoms with Crippen LogP contribution in [0.4, 0.5) is 5.69 Å². The number of pyridine rings is 1. The third kappa shape index (κ3) is 4.08. The van der Waals surface area contributed by atoms with Crippen LogP contribution in [0.25, 0.3) is 5.69 Å². The second-order valence-corrected chi connectivity index (χ2v) is 8.96. The van der Waals surface area contributed by atoms with Gasteiger partial charge in [0, 0.05) is 23.8 Å². The van der Waals surface area contributed by atoms with Crippen LogP contribution in [0.5, 0.6) is 0 Å². The third-order valence-electron chi connectivity index (χ3n) is 6.52. The predicted octanol–water partition coefficient (Wildman–Crippen LogP) is 5.45. The number of nitrogens with zero attached hydrogens (tertiary/aromatic N) is 3. The van der Waals surface area contributed by atoms with Crippen molar-refractivity contribution in [1.82, 2.24) is 14.9 Å². The number of aryl methyl sites for hydroxylation is 2. The Kier molecular flexibility index (Phi) is 6.09. The van der Waals surface area contributed by atoms with Gasteiger partial charge in [0.1, 0.15) is 6.04 Å². The fourth-order valence-electron chi connectivity index (χ4n) is 4.63. The van der Waals surface area contributed by atoms with Crippen LogP contribution in [0.3, 0.4) is 0 Å². The second kappa shape index (κ2) is 9.35. The van der Waals surface area contributed by atoms with Crippen molar-refractivity contribution in [3.8, 4) is 5.69 Å². The number of anilines is 1. The number of aromatic nitrogens is 2. The molecule has 1 aliphatic heterocycles. The fourth-order valence-corrected chi connectivity index (χ4v) is 4.98. The zero-order valence-electron chi connectivity index (χ0n) is 19.8. The number of hydrogen-bond donors (Lipinski definition) is 1. The number of ether oxygens (including phenoxy) is 1. The number of thiocarbonyl (C=S) groups is 1. The summed E-state index contributed by atoms with van der Waals surface area (Å²) in [5, 5.41) is 4.14. The van der Waals surface area contributed by atoms with Crippen molar-refractivity contribution in [2.75, 3.05) is 12.0 Å². The highest BCUT2D eigenvalue weighted by Gasteiger charge is 2.42. The van der Waals surface area contributed by atoms with Crippen molar-refractivity contribution in [3.05, 3.63) is 113 Å². The molecule has 1 fully saturated rings. The molecule has 3 heterocycles. The van der Waals surface area contributed by atoms with Gasteiger partial charge in [-0.3, -0.25) is 4.98 Å². The standard InChI is InChI=1S/C28H26N4O2S/c1-18-13-14-20(17-19(18)2)32-26(25(30-28(32)35)22-10-6-7-15-29-22)24-12-8-16-31(24)23-11-5-4-9-21(23)27(33)34-3/h4-17,25-26H,1-3H3,(H,30,35)/t25-,26-/m1/s1. The minimum Gasteiger partial charge on any atom is -0.465 e. The molecule has 0 radical (unpaired) electrons. The summed E-state index contributed by atoms with van der Waals surface area (Å²) in [6, 6.07) is 23.4. The Morgan fingerprint density at radius 2 is 1.80 bits per heavy atom. The minimum atomic E-state index is -0.382. The van der Waals surface area contributed by atoms with E-state index in [0.717, 1.165) is 22.8 Å². The van der Waals surface area contributed by atoms with Crippen molar-refractivity contribution >= 4 is 29.0 Å². The minimum absolute atomic E-state index is 0.191. The van der Waals surface area contributed by atoms with Gasteiger partial charge in [-0.15, -0.1) is 0 Å². The molecule has 0 amide bonds. The summed E-state index contributed by atoms with van der Waals surface area (Å²) in [4.78, 5) is 19.4. The first-order chi connectivity index (χ1) is 17.0. The van der Waals surface area contributed by atoms with E-state index in [0.29, 0.717) is 10.7 Å². The van der Waals surface area contributed by atoms with Gasteiger partial charge < -0.3 is 19.5 Å². The lowest BCUT2D eigenvalue weighted by atomic mass is 9.99. The highest BCUT2D eigenvalue weighted by Crippen LogP contribution is 2.42. The SMILES string of the molecule is COC(=O)c1ccccc1-n1cccc1[C@@H]1[C@@H](c2ccccn2)NC(=S)N1c1ccc(C)c(C)c1. The molecule has 5 rings (SSSR count). The molecule has 4 aromatic rings. The maximum atomic E-state index is 12.6. The van der Waals surface area contributed by atoms with Crippen LogP contribution >= 0.6 is 12.2 Å². The smallest absolute Gasteiger partial charge is 0.339 e. The Labute approximate surface area is 210 Å². The van der Waals surface area contributed by atoms with Crippen molar-refractivity contribution in [2.24, 2.45) is 0 Å². The molecule has 0 bridgehead atoms. The number of hydrogen-bond acceptors (Lipinski definition) is 4. The summed E-state index contributed by atoms with van der Waals surface area (Å²) in [7, 11) is 1.40. The zero-order valence-corrected chi connectivity index (χ0v) is 20.6. The zero-order chi connectivity index (χ0) is 24.5. The molecule has 1 N–H and O–H groups in total. The fraction of sp³-hybridized carbons (Fsp3) is 0.179. The highest BCUT2D eigenvalue weighted by molar-refractivity contribution is 7.80. The maximum absolute atomic E-state index is 12.6. The Bertz CT molecular complexity index is 1400. The lowest BCUT2D eigenvalue weighted by Gasteiger charge is -2.29. The first-order valence-electron chi connectivity index (χ1n) is 11.4. The molecule has 2 aromatic carbocycles. The van der Waals surface area contributed by atoms with E-state index < -0.39 is 0 Å². The van der Waals surface area contributed by atoms with Gasteiger partial charge in [-0.05, 0) is 85.7 Å². The first kappa shape index (κ1) is 22.8. The van der Waals surface area contributed by atoms with Crippen LogP contribution in [0.2, 0.25) is 0 Å². The van der Waals surface area contributed by atoms with E-state index in [1.165, 1.54) is 18.2 Å². The molecule has 6 nitrogen and oxygen atoms in total. The molecule has 0 spiro atoms. The average molecular weight is 483 g/mol. The lowest BCUT2D eigenvalue weighted by Crippen LogP contribution is -2.30. The molecule has 35 heavy (non-hydrogen) atoms. The van der Waals surface area contributed by atoms with E-state index in [-0.39, 0.29) is 18.1 Å². The number of carbonyl (C=O) groups excluding carboxylic acids is 1. The molecule has 0 aliphatic carbocycles. The number of rotatable bonds is 5.